The molecule has 1 aliphatic carbocycles. The van der Waals surface area contributed by atoms with Gasteiger partial charge in [0, 0.05) is 12.6 Å². The maximum absolute atomic E-state index is 12.9. The van der Waals surface area contributed by atoms with Crippen LogP contribution in [0.3, 0.4) is 0 Å². The van der Waals surface area contributed by atoms with Crippen LogP contribution in [0.15, 0.2) is 29.3 Å². The topological polar surface area (TPSA) is 103 Å². The second kappa shape index (κ2) is 10.2. The molecule has 1 aromatic rings. The summed E-state index contributed by atoms with van der Waals surface area (Å²) in [6, 6.07) is 6.40. The number of rotatable bonds is 8. The van der Waals surface area contributed by atoms with Crippen molar-refractivity contribution < 1.29 is 28.6 Å². The lowest BCUT2D eigenvalue weighted by molar-refractivity contribution is -0.152. The highest BCUT2D eigenvalue weighted by Crippen LogP contribution is 2.42. The number of benzene rings is 1. The fourth-order valence-corrected chi connectivity index (χ4v) is 3.97. The molecule has 30 heavy (non-hydrogen) atoms. The van der Waals surface area contributed by atoms with E-state index in [0.717, 1.165) is 17.7 Å². The van der Waals surface area contributed by atoms with Crippen molar-refractivity contribution in [1.82, 2.24) is 5.32 Å². The van der Waals surface area contributed by atoms with Crippen molar-refractivity contribution in [2.75, 3.05) is 21.3 Å². The van der Waals surface area contributed by atoms with Gasteiger partial charge in [-0.2, -0.15) is 0 Å². The van der Waals surface area contributed by atoms with Crippen molar-refractivity contribution in [3.05, 3.63) is 29.8 Å². The van der Waals surface area contributed by atoms with E-state index in [2.05, 4.69) is 5.32 Å². The van der Waals surface area contributed by atoms with Crippen molar-refractivity contribution in [3.63, 3.8) is 0 Å². The number of amides is 1. The quantitative estimate of drug-likeness (QED) is 0.651. The number of esters is 2. The first kappa shape index (κ1) is 23.4. The Bertz CT molecular complexity index is 804. The van der Waals surface area contributed by atoms with Crippen LogP contribution in [0.1, 0.15) is 51.1 Å². The fraction of sp³-hybridized carbons (Fsp3) is 0.545. The number of hydrogen-bond donors (Lipinski definition) is 1. The second-order valence-corrected chi connectivity index (χ2v) is 7.43. The third-order valence-electron chi connectivity index (χ3n) is 5.51. The van der Waals surface area contributed by atoms with Crippen molar-refractivity contribution >= 4 is 23.6 Å². The molecule has 1 fully saturated rings. The van der Waals surface area contributed by atoms with Crippen LogP contribution in [0.25, 0.3) is 0 Å². The summed E-state index contributed by atoms with van der Waals surface area (Å²) in [6.45, 7) is 3.26. The number of carbonyl (C=O) groups is 3. The van der Waals surface area contributed by atoms with Gasteiger partial charge in [0.25, 0.3) is 0 Å². The van der Waals surface area contributed by atoms with Gasteiger partial charge in [0.05, 0.1) is 27.4 Å². The number of aliphatic imine (C=N–C) groups is 1. The zero-order valence-electron chi connectivity index (χ0n) is 18.2. The first-order valence-electron chi connectivity index (χ1n) is 9.91. The number of hydrogen-bond acceptors (Lipinski definition) is 7. The van der Waals surface area contributed by atoms with Gasteiger partial charge in [-0.1, -0.05) is 12.1 Å². The molecular formula is C22H30N2O6. The van der Waals surface area contributed by atoms with Crippen molar-refractivity contribution in [2.45, 2.75) is 51.6 Å². The summed E-state index contributed by atoms with van der Waals surface area (Å²) in [5, 5.41) is 2.59. The molecule has 0 aromatic heterocycles. The predicted octanol–water partition coefficient (Wildman–Crippen LogP) is 2.61. The molecule has 1 amide bonds. The minimum atomic E-state index is -1.09. The second-order valence-electron chi connectivity index (χ2n) is 7.43. The van der Waals surface area contributed by atoms with Gasteiger partial charge in [0.2, 0.25) is 5.91 Å². The molecule has 0 spiro atoms. The number of ether oxygens (including phenoxy) is 3. The van der Waals surface area contributed by atoms with E-state index in [9.17, 15) is 14.4 Å². The highest BCUT2D eigenvalue weighted by atomic mass is 16.5. The van der Waals surface area contributed by atoms with Gasteiger partial charge >= 0.3 is 11.9 Å². The number of nitrogens with one attached hydrogen (secondary N) is 1. The van der Waals surface area contributed by atoms with Crippen LogP contribution in [0.4, 0.5) is 0 Å². The Balaban J connectivity index is 2.40. The molecule has 3 atom stereocenters. The lowest BCUT2D eigenvalue weighted by atomic mass is 9.78. The Morgan fingerprint density at radius 3 is 2.33 bits per heavy atom. The maximum atomic E-state index is 12.9. The molecule has 0 heterocycles. The highest BCUT2D eigenvalue weighted by molar-refractivity contribution is 6.08. The average molecular weight is 418 g/mol. The summed E-state index contributed by atoms with van der Waals surface area (Å²) in [4.78, 5) is 41.6. The van der Waals surface area contributed by atoms with Gasteiger partial charge in [-0.3, -0.25) is 14.6 Å². The Hall–Kier alpha value is -2.90. The summed E-state index contributed by atoms with van der Waals surface area (Å²) in [6.07, 6.45) is 1.88. The van der Waals surface area contributed by atoms with Gasteiger partial charge in [-0.05, 0) is 50.3 Å². The van der Waals surface area contributed by atoms with Gasteiger partial charge in [0.15, 0.2) is 0 Å². The van der Waals surface area contributed by atoms with Crippen molar-refractivity contribution in [2.24, 2.45) is 10.4 Å². The van der Waals surface area contributed by atoms with Gasteiger partial charge in [-0.25, -0.2) is 4.79 Å². The minimum absolute atomic E-state index is 0.0418. The Labute approximate surface area is 177 Å². The smallest absolute Gasteiger partial charge is 0.328 e. The van der Waals surface area contributed by atoms with Gasteiger partial charge < -0.3 is 19.5 Å². The molecule has 164 valence electrons. The summed E-state index contributed by atoms with van der Waals surface area (Å²) >= 11 is 0. The van der Waals surface area contributed by atoms with Crippen LogP contribution in [0.2, 0.25) is 0 Å². The molecule has 0 bridgehead atoms. The SMILES string of the molecule is COC(=O)[C@H](C[C@@]1(C(=O)OC)CCC/C1=N\[C@@H](C)c1ccc(OC)cc1)NC(C)=O. The van der Waals surface area contributed by atoms with E-state index in [1.54, 1.807) is 7.11 Å². The molecular weight excluding hydrogens is 388 g/mol. The van der Waals surface area contributed by atoms with Crippen molar-refractivity contribution in [3.8, 4) is 5.75 Å². The summed E-state index contributed by atoms with van der Waals surface area (Å²) in [5.41, 5.74) is 0.564. The first-order chi connectivity index (χ1) is 14.3. The molecule has 1 aromatic carbocycles. The first-order valence-corrected chi connectivity index (χ1v) is 9.91. The standard InChI is InChI=1S/C22H30N2O6/c1-14(16-8-10-17(28-3)11-9-16)23-19-7-6-12-22(19,21(27)30-5)13-18(20(26)29-4)24-15(2)25/h8-11,14,18H,6-7,12-13H2,1-5H3,(H,24,25)/b23-19+/t14-,18-,22-/m0/s1. The molecule has 8 heteroatoms. The van der Waals surface area contributed by atoms with Crippen LogP contribution in [0.5, 0.6) is 5.75 Å². The van der Waals surface area contributed by atoms with E-state index in [-0.39, 0.29) is 18.4 Å². The monoisotopic (exact) mass is 418 g/mol. The van der Waals surface area contributed by atoms with Gasteiger partial charge in [0.1, 0.15) is 17.2 Å². The molecule has 1 aliphatic rings. The van der Waals surface area contributed by atoms with Crippen LogP contribution in [-0.2, 0) is 23.9 Å². The normalized spacial score (nSPS) is 21.6. The highest BCUT2D eigenvalue weighted by Gasteiger charge is 2.50. The number of nitrogens with zero attached hydrogens (tertiary/aromatic N) is 1. The molecule has 0 unspecified atom stereocenters. The average Bonchev–Trinajstić information content (AvgIpc) is 3.14. The maximum Gasteiger partial charge on any atom is 0.328 e. The number of carbonyl (C=O) groups excluding carboxylic acids is 3. The predicted molar refractivity (Wildman–Crippen MR) is 111 cm³/mol. The zero-order chi connectivity index (χ0) is 22.3. The third-order valence-corrected chi connectivity index (χ3v) is 5.51. The van der Waals surface area contributed by atoms with E-state index >= 15 is 0 Å². The molecule has 0 aliphatic heterocycles. The van der Waals surface area contributed by atoms with Crippen LogP contribution >= 0.6 is 0 Å². The lowest BCUT2D eigenvalue weighted by Crippen LogP contribution is -2.48. The molecule has 1 N–H and O–H groups in total. The van der Waals surface area contributed by atoms with E-state index < -0.39 is 23.4 Å². The lowest BCUT2D eigenvalue weighted by Gasteiger charge is -2.31. The molecule has 0 radical (unpaired) electrons. The minimum Gasteiger partial charge on any atom is -0.497 e. The third kappa shape index (κ3) is 5.17. The van der Waals surface area contributed by atoms with E-state index in [0.29, 0.717) is 18.6 Å². The van der Waals surface area contributed by atoms with E-state index in [1.165, 1.54) is 21.1 Å². The van der Waals surface area contributed by atoms with E-state index in [1.807, 2.05) is 31.2 Å². The Morgan fingerprint density at radius 2 is 1.80 bits per heavy atom. The summed E-state index contributed by atoms with van der Waals surface area (Å²) in [5.74, 6) is -0.698. The Kier molecular flexibility index (Phi) is 7.97. The molecule has 0 saturated heterocycles. The van der Waals surface area contributed by atoms with Crippen LogP contribution in [0, 0.1) is 5.41 Å². The van der Waals surface area contributed by atoms with Gasteiger partial charge in [-0.15, -0.1) is 0 Å². The Morgan fingerprint density at radius 1 is 1.13 bits per heavy atom. The summed E-state index contributed by atoms with van der Waals surface area (Å²) in [7, 11) is 4.17. The van der Waals surface area contributed by atoms with Crippen molar-refractivity contribution in [1.29, 1.82) is 0 Å². The van der Waals surface area contributed by atoms with Crippen LogP contribution in [-0.4, -0.2) is 50.9 Å². The molecule has 8 nitrogen and oxygen atoms in total. The summed E-state index contributed by atoms with van der Waals surface area (Å²) < 4.78 is 15.1. The molecule has 2 rings (SSSR count). The van der Waals surface area contributed by atoms with Crippen LogP contribution < -0.4 is 10.1 Å². The molecule has 1 saturated carbocycles. The largest absolute Gasteiger partial charge is 0.497 e. The number of methoxy groups -OCH3 is 3. The zero-order valence-corrected chi connectivity index (χ0v) is 18.2. The fourth-order valence-electron chi connectivity index (χ4n) is 3.97. The van der Waals surface area contributed by atoms with E-state index in [4.69, 9.17) is 19.2 Å².